The average molecular weight is 635 g/mol. The maximum atomic E-state index is 13.5. The molecule has 4 rings (SSSR count). The molecular formula is C30H34O13S. The Kier molecular flexibility index (Phi) is 9.41. The maximum absolute atomic E-state index is 13.5. The second kappa shape index (κ2) is 12.3. The molecule has 238 valence electrons. The number of aldehydes is 1. The first-order valence-corrected chi connectivity index (χ1v) is 15.3. The van der Waals surface area contributed by atoms with Gasteiger partial charge in [-0.3, -0.25) is 19.2 Å². The Bertz CT molecular complexity index is 1520. The third-order valence-corrected chi connectivity index (χ3v) is 10.8. The van der Waals surface area contributed by atoms with Crippen LogP contribution in [0.15, 0.2) is 66.3 Å². The third-order valence-electron chi connectivity index (χ3n) is 8.58. The fourth-order valence-corrected chi connectivity index (χ4v) is 7.85. The van der Waals surface area contributed by atoms with Gasteiger partial charge in [-0.05, 0) is 24.1 Å². The fraction of sp³-hybridized carbons (Fsp3) is 0.467. The van der Waals surface area contributed by atoms with Crippen LogP contribution in [0.4, 0.5) is 0 Å². The number of aliphatic hydroxyl groups is 5. The maximum Gasteiger partial charge on any atom is 0.267 e. The first-order chi connectivity index (χ1) is 20.6. The molecule has 0 radical (unpaired) electrons. The summed E-state index contributed by atoms with van der Waals surface area (Å²) in [6, 6.07) is 8.15. The van der Waals surface area contributed by atoms with E-state index in [1.165, 1.54) is 18.2 Å². The van der Waals surface area contributed by atoms with Crippen molar-refractivity contribution in [2.45, 2.75) is 65.6 Å². The molecule has 1 aromatic carbocycles. The van der Waals surface area contributed by atoms with Crippen molar-refractivity contribution in [3.8, 4) is 0 Å². The largest absolute Gasteiger partial charge is 0.394 e. The van der Waals surface area contributed by atoms with Crippen molar-refractivity contribution in [1.82, 2.24) is 0 Å². The van der Waals surface area contributed by atoms with Crippen LogP contribution in [0.5, 0.6) is 0 Å². The number of methoxy groups -OCH3 is 1. The summed E-state index contributed by atoms with van der Waals surface area (Å²) in [6.07, 6.45) is -1.22. The zero-order chi connectivity index (χ0) is 32.6. The molecule has 0 amide bonds. The number of aliphatic hydroxyl groups excluding tert-OH is 2. The van der Waals surface area contributed by atoms with Crippen molar-refractivity contribution in [2.75, 3.05) is 13.7 Å². The third kappa shape index (κ3) is 5.56. The van der Waals surface area contributed by atoms with Crippen LogP contribution in [-0.2, 0) is 44.2 Å². The van der Waals surface area contributed by atoms with Crippen LogP contribution < -0.4 is 0 Å². The van der Waals surface area contributed by atoms with Crippen molar-refractivity contribution in [1.29, 1.82) is 0 Å². The van der Waals surface area contributed by atoms with Gasteiger partial charge in [0.1, 0.15) is 23.6 Å². The summed E-state index contributed by atoms with van der Waals surface area (Å²) in [7, 11) is -3.09. The Labute approximate surface area is 253 Å². The molecule has 0 aromatic heterocycles. The van der Waals surface area contributed by atoms with Gasteiger partial charge in [0.15, 0.2) is 32.4 Å². The molecule has 0 saturated carbocycles. The van der Waals surface area contributed by atoms with Gasteiger partial charge < -0.3 is 35.0 Å². The lowest BCUT2D eigenvalue weighted by Crippen LogP contribution is -2.82. The number of allylic oxidation sites excluding steroid dienone is 4. The highest BCUT2D eigenvalue weighted by molar-refractivity contribution is 7.92. The van der Waals surface area contributed by atoms with E-state index in [9.17, 15) is 53.1 Å². The van der Waals surface area contributed by atoms with E-state index in [2.05, 4.69) is 0 Å². The van der Waals surface area contributed by atoms with Crippen molar-refractivity contribution < 1.29 is 62.6 Å². The van der Waals surface area contributed by atoms with Crippen molar-refractivity contribution in [3.63, 3.8) is 0 Å². The highest BCUT2D eigenvalue weighted by Gasteiger charge is 2.74. The van der Waals surface area contributed by atoms with E-state index in [1.807, 2.05) is 0 Å². The molecule has 1 aromatic rings. The monoisotopic (exact) mass is 634 g/mol. The number of Topliss-reactive ketones (excluding diaryl/α,β-unsaturated/α-hetero) is 2. The number of rotatable bonds is 11. The minimum absolute atomic E-state index is 0.146. The fourth-order valence-electron chi connectivity index (χ4n) is 6.07. The second-order valence-corrected chi connectivity index (χ2v) is 13.5. The molecule has 1 aliphatic heterocycles. The summed E-state index contributed by atoms with van der Waals surface area (Å²) in [5, 5.41) is 56.5. The van der Waals surface area contributed by atoms with Crippen LogP contribution >= 0.6 is 0 Å². The Balaban J connectivity index is 1.78. The molecule has 0 bridgehead atoms. The van der Waals surface area contributed by atoms with Gasteiger partial charge >= 0.3 is 0 Å². The van der Waals surface area contributed by atoms with Gasteiger partial charge in [0.2, 0.25) is 0 Å². The van der Waals surface area contributed by atoms with Crippen LogP contribution in [-0.4, -0.2) is 105 Å². The number of carbonyl (C=O) groups is 4. The smallest absolute Gasteiger partial charge is 0.267 e. The number of hydrogen-bond donors (Lipinski definition) is 5. The Hall–Kier alpha value is -3.21. The lowest BCUT2D eigenvalue weighted by atomic mass is 9.61. The number of sulfone groups is 1. The van der Waals surface area contributed by atoms with Crippen LogP contribution in [0, 0.1) is 5.92 Å². The van der Waals surface area contributed by atoms with E-state index in [0.717, 1.165) is 19.3 Å². The summed E-state index contributed by atoms with van der Waals surface area (Å²) in [5.74, 6) is -8.61. The molecule has 7 atom stereocenters. The molecule has 0 spiro atoms. The van der Waals surface area contributed by atoms with Crippen LogP contribution in [0.2, 0.25) is 0 Å². The van der Waals surface area contributed by atoms with E-state index in [1.54, 1.807) is 30.3 Å². The molecule has 14 heteroatoms. The summed E-state index contributed by atoms with van der Waals surface area (Å²) in [4.78, 5) is 47.9. The van der Waals surface area contributed by atoms with E-state index in [4.69, 9.17) is 9.47 Å². The standard InChI is InChI=1S/C30H34O13S/c1-42-27(44(40,41)18-19-6-3-2-4-7-19)11-10-21(23(34)15-27)14-29(38)28(37,13-20-8-5-9-22(33)12-20)26(36)24(16-31)43-30(29,39)25(35)17-32/h2-11,17,21,24,26,31,36-39H,12-16,18H2,1H3/t21?,24-,26-,27?,28+,29+,30+/m1/s1. The summed E-state index contributed by atoms with van der Waals surface area (Å²) in [6.45, 7) is -1.08. The van der Waals surface area contributed by atoms with E-state index >= 15 is 0 Å². The van der Waals surface area contributed by atoms with Crippen LogP contribution in [0.3, 0.4) is 0 Å². The zero-order valence-corrected chi connectivity index (χ0v) is 24.6. The normalized spacial score (nSPS) is 35.8. The molecule has 13 nitrogen and oxygen atoms in total. The zero-order valence-electron chi connectivity index (χ0n) is 23.7. The topological polar surface area (TPSA) is 222 Å². The predicted octanol–water partition coefficient (Wildman–Crippen LogP) is -1.00. The highest BCUT2D eigenvalue weighted by atomic mass is 32.2. The molecule has 2 aliphatic carbocycles. The summed E-state index contributed by atoms with van der Waals surface area (Å²) >= 11 is 0. The quantitative estimate of drug-likeness (QED) is 0.112. The van der Waals surface area contributed by atoms with Gasteiger partial charge in [-0.2, -0.15) is 0 Å². The first kappa shape index (κ1) is 33.7. The van der Waals surface area contributed by atoms with Gasteiger partial charge in [0.05, 0.1) is 18.8 Å². The lowest BCUT2D eigenvalue weighted by Gasteiger charge is -2.58. The first-order valence-electron chi connectivity index (χ1n) is 13.7. The SMILES string of the molecule is COC1(S(=O)(=O)Cc2ccccc2)C=CC(C[C@@]2(O)[C@](O)(C(=O)C=O)O[C@H](CO)[C@@H](O)[C@@]2(O)CC2=CC=CC(=O)C2)C(=O)C1. The van der Waals surface area contributed by atoms with Gasteiger partial charge in [-0.1, -0.05) is 54.1 Å². The molecular weight excluding hydrogens is 600 g/mol. The Morgan fingerprint density at radius 3 is 2.41 bits per heavy atom. The minimum Gasteiger partial charge on any atom is -0.394 e. The van der Waals surface area contributed by atoms with Gasteiger partial charge in [-0.25, -0.2) is 8.42 Å². The molecule has 1 fully saturated rings. The molecule has 5 N–H and O–H groups in total. The van der Waals surface area contributed by atoms with E-state index in [0.29, 0.717) is 5.56 Å². The number of benzene rings is 1. The second-order valence-electron chi connectivity index (χ2n) is 11.3. The van der Waals surface area contributed by atoms with Gasteiger partial charge in [0.25, 0.3) is 11.6 Å². The van der Waals surface area contributed by atoms with E-state index < -0.39 is 105 Å². The van der Waals surface area contributed by atoms with E-state index in [-0.39, 0.29) is 12.0 Å². The van der Waals surface area contributed by atoms with Gasteiger partial charge in [-0.15, -0.1) is 0 Å². The van der Waals surface area contributed by atoms with Gasteiger partial charge in [0, 0.05) is 25.9 Å². The van der Waals surface area contributed by atoms with Crippen molar-refractivity contribution >= 4 is 33.5 Å². The molecule has 2 unspecified atom stereocenters. The average Bonchev–Trinajstić information content (AvgIpc) is 2.99. The van der Waals surface area contributed by atoms with Crippen LogP contribution in [0.25, 0.3) is 0 Å². The summed E-state index contributed by atoms with van der Waals surface area (Å²) in [5.41, 5.74) is -5.74. The predicted molar refractivity (Wildman–Crippen MR) is 151 cm³/mol. The number of hydrogen-bond acceptors (Lipinski definition) is 13. The molecule has 1 heterocycles. The molecule has 44 heavy (non-hydrogen) atoms. The Morgan fingerprint density at radius 2 is 1.84 bits per heavy atom. The Morgan fingerprint density at radius 1 is 1.16 bits per heavy atom. The summed E-state index contributed by atoms with van der Waals surface area (Å²) < 4.78 is 37.4. The van der Waals surface area contributed by atoms with Crippen molar-refractivity contribution in [2.24, 2.45) is 5.92 Å². The highest BCUT2D eigenvalue weighted by Crippen LogP contribution is 2.51. The number of ketones is 3. The molecule has 1 saturated heterocycles. The number of carbonyl (C=O) groups excluding carboxylic acids is 4. The lowest BCUT2D eigenvalue weighted by molar-refractivity contribution is -0.399. The molecule has 3 aliphatic rings. The van der Waals surface area contributed by atoms with Crippen LogP contribution in [0.1, 0.15) is 31.2 Å². The minimum atomic E-state index is -4.19. The number of ether oxygens (including phenoxy) is 2. The van der Waals surface area contributed by atoms with Crippen molar-refractivity contribution in [3.05, 3.63) is 71.8 Å².